The summed E-state index contributed by atoms with van der Waals surface area (Å²) in [6.07, 6.45) is -1.86. The summed E-state index contributed by atoms with van der Waals surface area (Å²) < 4.78 is 10.7. The molecule has 0 saturated heterocycles. The van der Waals surface area contributed by atoms with Crippen LogP contribution in [-0.2, 0) is 14.3 Å². The minimum absolute atomic E-state index is 0.411. The lowest BCUT2D eigenvalue weighted by atomic mass is 10.1. The minimum Gasteiger partial charge on any atom is -0.479 e. The molecular weight excluding hydrogens is 344 g/mol. The molecule has 0 aliphatic carbocycles. The summed E-state index contributed by atoms with van der Waals surface area (Å²) in [5, 5.41) is 11.6. The molecule has 0 saturated carbocycles. The molecule has 6 nitrogen and oxygen atoms in total. The van der Waals surface area contributed by atoms with Crippen molar-refractivity contribution in [3.05, 3.63) is 59.2 Å². The minimum atomic E-state index is -0.969. The Morgan fingerprint density at radius 1 is 1.00 bits per heavy atom. The molecule has 0 bridgehead atoms. The topological polar surface area (TPSA) is 88.4 Å². The van der Waals surface area contributed by atoms with Crippen LogP contribution in [0, 0.1) is 25.2 Å². The first-order valence-electron chi connectivity index (χ1n) is 8.56. The fourth-order valence-electron chi connectivity index (χ4n) is 2.42. The Morgan fingerprint density at radius 3 is 2.15 bits per heavy atom. The molecule has 0 heterocycles. The van der Waals surface area contributed by atoms with Gasteiger partial charge in [0.25, 0.3) is 5.91 Å². The zero-order valence-electron chi connectivity index (χ0n) is 15.8. The van der Waals surface area contributed by atoms with E-state index in [-0.39, 0.29) is 0 Å². The zero-order valence-corrected chi connectivity index (χ0v) is 15.8. The number of benzene rings is 2. The Labute approximate surface area is 158 Å². The Hall–Kier alpha value is -3.33. The summed E-state index contributed by atoms with van der Waals surface area (Å²) in [6, 6.07) is 14.1. The molecule has 0 aliphatic heterocycles. The number of carbonyl (C=O) groups excluding carboxylic acids is 2. The van der Waals surface area contributed by atoms with E-state index in [1.54, 1.807) is 24.3 Å². The monoisotopic (exact) mass is 366 g/mol. The first-order valence-corrected chi connectivity index (χ1v) is 8.56. The van der Waals surface area contributed by atoms with Crippen molar-refractivity contribution in [2.45, 2.75) is 39.9 Å². The van der Waals surface area contributed by atoms with Gasteiger partial charge in [-0.05, 0) is 63.1 Å². The predicted octanol–water partition coefficient (Wildman–Crippen LogP) is 3.51. The van der Waals surface area contributed by atoms with Gasteiger partial charge in [-0.25, -0.2) is 4.79 Å². The number of amides is 1. The molecule has 140 valence electrons. The Kier molecular flexibility index (Phi) is 6.56. The number of carbonyl (C=O) groups is 2. The second-order valence-corrected chi connectivity index (χ2v) is 6.23. The fraction of sp³-hybridized carbons (Fsp3) is 0.286. The molecule has 1 amide bonds. The van der Waals surface area contributed by atoms with Crippen molar-refractivity contribution < 1.29 is 19.1 Å². The van der Waals surface area contributed by atoms with Crippen LogP contribution in [0.2, 0.25) is 0 Å². The van der Waals surface area contributed by atoms with Crippen molar-refractivity contribution in [2.24, 2.45) is 0 Å². The highest BCUT2D eigenvalue weighted by Gasteiger charge is 2.24. The summed E-state index contributed by atoms with van der Waals surface area (Å²) >= 11 is 0. The normalized spacial score (nSPS) is 12.4. The van der Waals surface area contributed by atoms with E-state index in [0.29, 0.717) is 17.0 Å². The maximum Gasteiger partial charge on any atom is 0.347 e. The summed E-state index contributed by atoms with van der Waals surface area (Å²) in [6.45, 7) is 6.84. The highest BCUT2D eigenvalue weighted by atomic mass is 16.6. The maximum absolute atomic E-state index is 12.3. The molecule has 6 heteroatoms. The molecule has 0 aromatic heterocycles. The van der Waals surface area contributed by atoms with Gasteiger partial charge in [0, 0.05) is 5.69 Å². The average Bonchev–Trinajstić information content (AvgIpc) is 2.65. The molecule has 0 radical (unpaired) electrons. The third kappa shape index (κ3) is 5.32. The summed E-state index contributed by atoms with van der Waals surface area (Å²) in [5.41, 5.74) is 3.07. The molecule has 0 spiro atoms. The van der Waals surface area contributed by atoms with Gasteiger partial charge in [0.15, 0.2) is 12.2 Å². The highest BCUT2D eigenvalue weighted by molar-refractivity contribution is 5.96. The number of para-hydroxylation sites is 1. The third-order valence-corrected chi connectivity index (χ3v) is 4.02. The highest BCUT2D eigenvalue weighted by Crippen LogP contribution is 2.20. The quantitative estimate of drug-likeness (QED) is 0.790. The van der Waals surface area contributed by atoms with Gasteiger partial charge in [-0.15, -0.1) is 0 Å². The molecule has 1 N–H and O–H groups in total. The van der Waals surface area contributed by atoms with E-state index in [1.165, 1.54) is 13.8 Å². The number of aryl methyl sites for hydroxylation is 2. The van der Waals surface area contributed by atoms with Gasteiger partial charge < -0.3 is 14.8 Å². The van der Waals surface area contributed by atoms with Crippen LogP contribution in [0.5, 0.6) is 5.75 Å². The third-order valence-electron chi connectivity index (χ3n) is 4.02. The molecule has 2 aromatic carbocycles. The van der Waals surface area contributed by atoms with Crippen molar-refractivity contribution in [1.82, 2.24) is 0 Å². The molecule has 0 fully saturated rings. The maximum atomic E-state index is 12.3. The van der Waals surface area contributed by atoms with Gasteiger partial charge in [-0.1, -0.05) is 18.2 Å². The van der Waals surface area contributed by atoms with Crippen molar-refractivity contribution in [2.75, 3.05) is 5.32 Å². The first-order chi connectivity index (χ1) is 12.8. The van der Waals surface area contributed by atoms with Crippen LogP contribution in [0.15, 0.2) is 42.5 Å². The van der Waals surface area contributed by atoms with Gasteiger partial charge in [-0.3, -0.25) is 4.79 Å². The van der Waals surface area contributed by atoms with E-state index in [9.17, 15) is 9.59 Å². The number of nitriles is 1. The van der Waals surface area contributed by atoms with E-state index < -0.39 is 24.1 Å². The van der Waals surface area contributed by atoms with Gasteiger partial charge in [0.2, 0.25) is 0 Å². The second kappa shape index (κ2) is 8.86. The number of ether oxygens (including phenoxy) is 2. The first kappa shape index (κ1) is 20.0. The van der Waals surface area contributed by atoms with E-state index in [4.69, 9.17) is 14.7 Å². The molecule has 0 aliphatic rings. The van der Waals surface area contributed by atoms with Gasteiger partial charge in [0.05, 0.1) is 11.6 Å². The Bertz CT molecular complexity index is 848. The lowest BCUT2D eigenvalue weighted by molar-refractivity contribution is -0.159. The molecule has 0 unspecified atom stereocenters. The van der Waals surface area contributed by atoms with Crippen LogP contribution in [0.1, 0.15) is 30.5 Å². The average molecular weight is 366 g/mol. The van der Waals surface area contributed by atoms with Gasteiger partial charge in [0.1, 0.15) is 5.75 Å². The van der Waals surface area contributed by atoms with Crippen LogP contribution in [0.25, 0.3) is 0 Å². The number of rotatable bonds is 6. The molecule has 27 heavy (non-hydrogen) atoms. The van der Waals surface area contributed by atoms with Gasteiger partial charge >= 0.3 is 5.97 Å². The van der Waals surface area contributed by atoms with E-state index in [1.807, 2.05) is 38.1 Å². The number of hydrogen-bond donors (Lipinski definition) is 1. The van der Waals surface area contributed by atoms with E-state index >= 15 is 0 Å². The molecular formula is C21H22N2O4. The number of esters is 1. The number of nitrogens with one attached hydrogen (secondary N) is 1. The van der Waals surface area contributed by atoms with E-state index in [2.05, 4.69) is 5.32 Å². The van der Waals surface area contributed by atoms with Crippen LogP contribution < -0.4 is 10.1 Å². The summed E-state index contributed by atoms with van der Waals surface area (Å²) in [7, 11) is 0. The lowest BCUT2D eigenvalue weighted by Gasteiger charge is -2.19. The fourth-order valence-corrected chi connectivity index (χ4v) is 2.42. The Morgan fingerprint density at radius 2 is 1.59 bits per heavy atom. The van der Waals surface area contributed by atoms with Gasteiger partial charge in [-0.2, -0.15) is 5.26 Å². The van der Waals surface area contributed by atoms with Crippen molar-refractivity contribution >= 4 is 17.6 Å². The van der Waals surface area contributed by atoms with Crippen LogP contribution >= 0.6 is 0 Å². The second-order valence-electron chi connectivity index (χ2n) is 6.23. The predicted molar refractivity (Wildman–Crippen MR) is 101 cm³/mol. The molecule has 2 atom stereocenters. The standard InChI is InChI=1S/C21H22N2O4/c1-13-6-5-7-14(2)19(13)23-20(24)15(3)27-21(25)16(4)26-18-10-8-17(12-22)9-11-18/h5-11,15-16H,1-4H3,(H,23,24)/t15-,16+/m0/s1. The van der Waals surface area contributed by atoms with E-state index in [0.717, 1.165) is 11.1 Å². The molecule has 2 rings (SSSR count). The van der Waals surface area contributed by atoms with Crippen molar-refractivity contribution in [1.29, 1.82) is 5.26 Å². The van der Waals surface area contributed by atoms with Crippen molar-refractivity contribution in [3.63, 3.8) is 0 Å². The summed E-state index contributed by atoms with van der Waals surface area (Å²) in [5.74, 6) is -0.624. The van der Waals surface area contributed by atoms with Crippen molar-refractivity contribution in [3.8, 4) is 11.8 Å². The van der Waals surface area contributed by atoms with Crippen LogP contribution in [0.3, 0.4) is 0 Å². The smallest absolute Gasteiger partial charge is 0.347 e. The zero-order chi connectivity index (χ0) is 20.0. The number of nitrogens with zero attached hydrogens (tertiary/aromatic N) is 1. The number of anilines is 1. The lowest BCUT2D eigenvalue weighted by Crippen LogP contribution is -2.35. The van der Waals surface area contributed by atoms with Crippen LogP contribution in [0.4, 0.5) is 5.69 Å². The molecule has 2 aromatic rings. The number of hydrogen-bond acceptors (Lipinski definition) is 5. The van der Waals surface area contributed by atoms with Crippen LogP contribution in [-0.4, -0.2) is 24.1 Å². The summed E-state index contributed by atoms with van der Waals surface area (Å²) in [4.78, 5) is 24.5. The Balaban J connectivity index is 1.93. The largest absolute Gasteiger partial charge is 0.479 e. The SMILES string of the molecule is Cc1cccc(C)c1NC(=O)[C@H](C)OC(=O)[C@@H](C)Oc1ccc(C#N)cc1.